The van der Waals surface area contributed by atoms with E-state index in [9.17, 15) is 8.78 Å². The van der Waals surface area contributed by atoms with Crippen molar-refractivity contribution in [2.75, 3.05) is 0 Å². The third-order valence-electron chi connectivity index (χ3n) is 2.09. The zero-order valence-corrected chi connectivity index (χ0v) is 7.21. The molecule has 3 atom stereocenters. The molecule has 1 rings (SSSR count). The highest BCUT2D eigenvalue weighted by molar-refractivity contribution is 7.17. The third-order valence-corrected chi connectivity index (χ3v) is 2.93. The SMILES string of the molecule is CC1CC(F)C(P)C(F)C1. The normalized spacial score (nSPS) is 49.2. The molecule has 0 aliphatic heterocycles. The van der Waals surface area contributed by atoms with Crippen molar-refractivity contribution in [2.24, 2.45) is 5.92 Å². The van der Waals surface area contributed by atoms with E-state index >= 15 is 0 Å². The zero-order valence-electron chi connectivity index (χ0n) is 6.06. The van der Waals surface area contributed by atoms with E-state index in [1.807, 2.05) is 6.92 Å². The molecule has 10 heavy (non-hydrogen) atoms. The molecule has 1 aliphatic carbocycles. The van der Waals surface area contributed by atoms with Crippen LogP contribution in [0.15, 0.2) is 0 Å². The van der Waals surface area contributed by atoms with Crippen molar-refractivity contribution < 1.29 is 8.78 Å². The molecule has 1 fully saturated rings. The van der Waals surface area contributed by atoms with Gasteiger partial charge < -0.3 is 0 Å². The molecular formula is C7H13F2P. The molecule has 0 bridgehead atoms. The van der Waals surface area contributed by atoms with Gasteiger partial charge in [0.15, 0.2) is 0 Å². The van der Waals surface area contributed by atoms with E-state index in [2.05, 4.69) is 9.24 Å². The molecule has 0 nitrogen and oxygen atoms in total. The van der Waals surface area contributed by atoms with Crippen molar-refractivity contribution >= 4 is 9.24 Å². The Labute approximate surface area is 62.6 Å². The lowest BCUT2D eigenvalue weighted by Crippen LogP contribution is -2.34. The van der Waals surface area contributed by atoms with Crippen LogP contribution in [0.3, 0.4) is 0 Å². The Kier molecular flexibility index (Phi) is 2.62. The van der Waals surface area contributed by atoms with Gasteiger partial charge in [0, 0.05) is 5.66 Å². The molecule has 0 amide bonds. The monoisotopic (exact) mass is 166 g/mol. The highest BCUT2D eigenvalue weighted by Crippen LogP contribution is 2.33. The summed E-state index contributed by atoms with van der Waals surface area (Å²) in [6.45, 7) is 1.90. The summed E-state index contributed by atoms with van der Waals surface area (Å²) in [5.41, 5.74) is -0.462. The van der Waals surface area contributed by atoms with Gasteiger partial charge in [-0.3, -0.25) is 0 Å². The van der Waals surface area contributed by atoms with E-state index in [1.165, 1.54) is 0 Å². The van der Waals surface area contributed by atoms with Gasteiger partial charge in [0.05, 0.1) is 0 Å². The minimum atomic E-state index is -0.955. The summed E-state index contributed by atoms with van der Waals surface area (Å²) in [6, 6.07) is 0. The summed E-state index contributed by atoms with van der Waals surface area (Å²) in [7, 11) is 2.25. The second kappa shape index (κ2) is 3.13. The Bertz CT molecular complexity index is 106. The summed E-state index contributed by atoms with van der Waals surface area (Å²) in [6.07, 6.45) is -0.865. The molecule has 60 valence electrons. The second-order valence-corrected chi connectivity index (χ2v) is 3.96. The van der Waals surface area contributed by atoms with Gasteiger partial charge in [-0.25, -0.2) is 8.78 Å². The predicted molar refractivity (Wildman–Crippen MR) is 41.7 cm³/mol. The lowest BCUT2D eigenvalue weighted by atomic mass is 9.88. The number of rotatable bonds is 0. The Morgan fingerprint density at radius 2 is 1.60 bits per heavy atom. The van der Waals surface area contributed by atoms with Crippen molar-refractivity contribution in [3.05, 3.63) is 0 Å². The second-order valence-electron chi connectivity index (χ2n) is 3.19. The van der Waals surface area contributed by atoms with Gasteiger partial charge in [0.1, 0.15) is 12.3 Å². The Morgan fingerprint density at radius 1 is 1.20 bits per heavy atom. The lowest BCUT2D eigenvalue weighted by molar-refractivity contribution is 0.132. The summed E-state index contributed by atoms with van der Waals surface area (Å²) in [4.78, 5) is 0. The molecule has 3 unspecified atom stereocenters. The Balaban J connectivity index is 2.49. The molecule has 0 aromatic heterocycles. The molecule has 0 N–H and O–H groups in total. The lowest BCUT2D eigenvalue weighted by Gasteiger charge is -2.30. The van der Waals surface area contributed by atoms with Gasteiger partial charge in [0.2, 0.25) is 0 Å². The fourth-order valence-electron chi connectivity index (χ4n) is 1.41. The van der Waals surface area contributed by atoms with Crippen LogP contribution in [0.2, 0.25) is 0 Å². The van der Waals surface area contributed by atoms with E-state index in [1.54, 1.807) is 0 Å². The van der Waals surface area contributed by atoms with Gasteiger partial charge in [-0.15, -0.1) is 9.24 Å². The summed E-state index contributed by atoms with van der Waals surface area (Å²) < 4.78 is 25.6. The first kappa shape index (κ1) is 8.39. The first-order valence-electron chi connectivity index (χ1n) is 3.65. The van der Waals surface area contributed by atoms with Crippen molar-refractivity contribution in [2.45, 2.75) is 37.8 Å². The van der Waals surface area contributed by atoms with Crippen LogP contribution in [0.1, 0.15) is 19.8 Å². The third kappa shape index (κ3) is 1.66. The number of halogens is 2. The molecule has 1 aliphatic rings. The van der Waals surface area contributed by atoms with E-state index in [0.717, 1.165) is 0 Å². The standard InChI is InChI=1S/C7H13F2P/c1-4-2-5(8)7(10)6(9)3-4/h4-7H,2-3,10H2,1H3. The molecule has 0 saturated heterocycles. The Hall–Kier alpha value is 0.290. The number of hydrogen-bond acceptors (Lipinski definition) is 0. The van der Waals surface area contributed by atoms with E-state index in [4.69, 9.17) is 0 Å². The maximum absolute atomic E-state index is 12.8. The van der Waals surface area contributed by atoms with E-state index in [-0.39, 0.29) is 5.92 Å². The molecule has 0 radical (unpaired) electrons. The van der Waals surface area contributed by atoms with Crippen LogP contribution in [-0.4, -0.2) is 18.0 Å². The molecule has 1 saturated carbocycles. The van der Waals surface area contributed by atoms with Crippen LogP contribution >= 0.6 is 9.24 Å². The van der Waals surface area contributed by atoms with Crippen LogP contribution in [-0.2, 0) is 0 Å². The quantitative estimate of drug-likeness (QED) is 0.484. The minimum Gasteiger partial charge on any atom is -0.247 e. The fourth-order valence-corrected chi connectivity index (χ4v) is 1.72. The maximum atomic E-state index is 12.8. The average Bonchev–Trinajstić information content (AvgIpc) is 1.82. The van der Waals surface area contributed by atoms with E-state index < -0.39 is 18.0 Å². The largest absolute Gasteiger partial charge is 0.247 e. The molecule has 0 aromatic rings. The first-order valence-corrected chi connectivity index (χ1v) is 4.31. The first-order chi connectivity index (χ1) is 4.61. The fraction of sp³-hybridized carbons (Fsp3) is 1.00. The van der Waals surface area contributed by atoms with Gasteiger partial charge in [-0.2, -0.15) is 0 Å². The molecular weight excluding hydrogens is 153 g/mol. The highest BCUT2D eigenvalue weighted by Gasteiger charge is 2.33. The van der Waals surface area contributed by atoms with Crippen molar-refractivity contribution in [3.8, 4) is 0 Å². The average molecular weight is 166 g/mol. The molecule has 0 spiro atoms. The molecule has 0 heterocycles. The minimum absolute atomic E-state index is 0.210. The highest BCUT2D eigenvalue weighted by atomic mass is 31.0. The van der Waals surface area contributed by atoms with Crippen LogP contribution in [0.4, 0.5) is 8.78 Å². The number of hydrogen-bond donors (Lipinski definition) is 0. The smallest absolute Gasteiger partial charge is 0.109 e. The summed E-state index contributed by atoms with van der Waals surface area (Å²) in [5.74, 6) is 0.210. The van der Waals surface area contributed by atoms with Gasteiger partial charge in [-0.05, 0) is 18.8 Å². The van der Waals surface area contributed by atoms with Gasteiger partial charge in [-0.1, -0.05) is 6.92 Å². The molecule has 3 heteroatoms. The van der Waals surface area contributed by atoms with Crippen LogP contribution in [0.5, 0.6) is 0 Å². The predicted octanol–water partition coefficient (Wildman–Crippen LogP) is 2.34. The summed E-state index contributed by atoms with van der Waals surface area (Å²) in [5, 5.41) is 0. The Morgan fingerprint density at radius 3 is 2.00 bits per heavy atom. The van der Waals surface area contributed by atoms with Gasteiger partial charge >= 0.3 is 0 Å². The van der Waals surface area contributed by atoms with Crippen LogP contribution in [0.25, 0.3) is 0 Å². The van der Waals surface area contributed by atoms with Crippen molar-refractivity contribution in [3.63, 3.8) is 0 Å². The zero-order chi connectivity index (χ0) is 7.72. The van der Waals surface area contributed by atoms with Crippen molar-refractivity contribution in [1.29, 1.82) is 0 Å². The van der Waals surface area contributed by atoms with Gasteiger partial charge in [0.25, 0.3) is 0 Å². The topological polar surface area (TPSA) is 0 Å². The number of alkyl halides is 2. The summed E-state index contributed by atoms with van der Waals surface area (Å²) >= 11 is 0. The van der Waals surface area contributed by atoms with Crippen LogP contribution < -0.4 is 0 Å². The van der Waals surface area contributed by atoms with Crippen LogP contribution in [0, 0.1) is 5.92 Å². The van der Waals surface area contributed by atoms with Crippen molar-refractivity contribution in [1.82, 2.24) is 0 Å². The van der Waals surface area contributed by atoms with E-state index in [0.29, 0.717) is 12.8 Å². The maximum Gasteiger partial charge on any atom is 0.109 e. The molecule has 0 aromatic carbocycles.